The third-order valence-electron chi connectivity index (χ3n) is 5.52. The summed E-state index contributed by atoms with van der Waals surface area (Å²) >= 11 is 0. The number of pyridine rings is 1. The molecule has 4 rings (SSSR count). The van der Waals surface area contributed by atoms with Crippen molar-refractivity contribution in [3.05, 3.63) is 78.1 Å². The SMILES string of the molecule is COc1ccc2cc(C(=O)C3CCCN(C(=O)/C=C/c4ccccn4)C3)ccc2c1. The van der Waals surface area contributed by atoms with E-state index in [0.29, 0.717) is 18.7 Å². The Kier molecular flexibility index (Phi) is 5.89. The molecule has 2 aromatic carbocycles. The predicted octanol–water partition coefficient (Wildman–Crippen LogP) is 4.38. The monoisotopic (exact) mass is 400 g/mol. The van der Waals surface area contributed by atoms with Crippen LogP contribution in [-0.2, 0) is 4.79 Å². The number of methoxy groups -OCH3 is 1. The molecule has 0 bridgehead atoms. The number of fused-ring (bicyclic) bond motifs is 1. The van der Waals surface area contributed by atoms with Gasteiger partial charge in [-0.3, -0.25) is 14.6 Å². The number of nitrogens with zero attached hydrogens (tertiary/aromatic N) is 2. The lowest BCUT2D eigenvalue weighted by molar-refractivity contribution is -0.127. The molecule has 5 heteroatoms. The maximum atomic E-state index is 13.1. The Morgan fingerprint density at radius 2 is 1.93 bits per heavy atom. The summed E-state index contributed by atoms with van der Waals surface area (Å²) in [6.45, 7) is 1.12. The lowest BCUT2D eigenvalue weighted by atomic mass is 9.89. The van der Waals surface area contributed by atoms with Gasteiger partial charge in [0.05, 0.1) is 12.8 Å². The van der Waals surface area contributed by atoms with E-state index in [-0.39, 0.29) is 17.6 Å². The minimum absolute atomic E-state index is 0.0799. The van der Waals surface area contributed by atoms with Crippen molar-refractivity contribution >= 4 is 28.5 Å². The Balaban J connectivity index is 1.46. The van der Waals surface area contributed by atoms with Crippen LogP contribution in [0.15, 0.2) is 66.9 Å². The molecule has 0 radical (unpaired) electrons. The first-order valence-corrected chi connectivity index (χ1v) is 10.1. The topological polar surface area (TPSA) is 59.5 Å². The largest absolute Gasteiger partial charge is 0.497 e. The number of benzene rings is 2. The number of Topliss-reactive ketones (excluding diaryl/α,β-unsaturated/α-hetero) is 1. The molecular formula is C25H24N2O3. The van der Waals surface area contributed by atoms with E-state index in [4.69, 9.17) is 4.74 Å². The van der Waals surface area contributed by atoms with Crippen molar-refractivity contribution in [2.45, 2.75) is 12.8 Å². The molecule has 3 aromatic rings. The Labute approximate surface area is 176 Å². The van der Waals surface area contributed by atoms with E-state index >= 15 is 0 Å². The number of amides is 1. The standard InChI is InChI=1S/C25H24N2O3/c1-30-23-11-9-18-15-20(8-7-19(18)16-23)25(29)21-5-4-14-27(17-21)24(28)12-10-22-6-2-3-13-26-22/h2-3,6-13,15-16,21H,4-5,14,17H2,1H3/b12-10+. The molecule has 5 nitrogen and oxygen atoms in total. The van der Waals surface area contributed by atoms with Gasteiger partial charge in [-0.2, -0.15) is 0 Å². The molecule has 0 saturated carbocycles. The molecule has 152 valence electrons. The van der Waals surface area contributed by atoms with Gasteiger partial charge in [0.15, 0.2) is 5.78 Å². The summed E-state index contributed by atoms with van der Waals surface area (Å²) in [5, 5.41) is 2.04. The smallest absolute Gasteiger partial charge is 0.246 e. The lowest BCUT2D eigenvalue weighted by Gasteiger charge is -2.31. The quantitative estimate of drug-likeness (QED) is 0.471. The van der Waals surface area contributed by atoms with Gasteiger partial charge in [0, 0.05) is 36.8 Å². The summed E-state index contributed by atoms with van der Waals surface area (Å²) in [6.07, 6.45) is 6.57. The number of ether oxygens (including phenoxy) is 1. The van der Waals surface area contributed by atoms with Crippen molar-refractivity contribution in [2.24, 2.45) is 5.92 Å². The maximum absolute atomic E-state index is 13.1. The fourth-order valence-electron chi connectivity index (χ4n) is 3.87. The van der Waals surface area contributed by atoms with E-state index in [1.54, 1.807) is 30.4 Å². The number of carbonyl (C=O) groups is 2. The van der Waals surface area contributed by atoms with Gasteiger partial charge >= 0.3 is 0 Å². The number of rotatable bonds is 5. The van der Waals surface area contributed by atoms with Crippen LogP contribution in [0.4, 0.5) is 0 Å². The van der Waals surface area contributed by atoms with Gasteiger partial charge < -0.3 is 9.64 Å². The number of ketones is 1. The molecule has 1 fully saturated rings. The average Bonchev–Trinajstić information content (AvgIpc) is 2.82. The number of aromatic nitrogens is 1. The van der Waals surface area contributed by atoms with Crippen LogP contribution in [0.3, 0.4) is 0 Å². The number of hydrogen-bond acceptors (Lipinski definition) is 4. The first-order chi connectivity index (χ1) is 14.6. The number of piperidine rings is 1. The third kappa shape index (κ3) is 4.40. The molecule has 1 amide bonds. The highest BCUT2D eigenvalue weighted by atomic mass is 16.5. The summed E-state index contributed by atoms with van der Waals surface area (Å²) in [5.74, 6) is 0.631. The van der Waals surface area contributed by atoms with E-state index in [0.717, 1.165) is 35.1 Å². The summed E-state index contributed by atoms with van der Waals surface area (Å²) in [4.78, 5) is 31.7. The third-order valence-corrected chi connectivity index (χ3v) is 5.52. The lowest BCUT2D eigenvalue weighted by Crippen LogP contribution is -2.41. The molecule has 0 aliphatic carbocycles. The summed E-state index contributed by atoms with van der Waals surface area (Å²) in [7, 11) is 1.64. The average molecular weight is 400 g/mol. The number of likely N-dealkylation sites (tertiary alicyclic amines) is 1. The zero-order chi connectivity index (χ0) is 20.9. The van der Waals surface area contributed by atoms with Gasteiger partial charge in [-0.05, 0) is 60.0 Å². The fraction of sp³-hybridized carbons (Fsp3) is 0.240. The predicted molar refractivity (Wildman–Crippen MR) is 117 cm³/mol. The molecule has 0 spiro atoms. The Morgan fingerprint density at radius 3 is 2.73 bits per heavy atom. The van der Waals surface area contributed by atoms with E-state index in [9.17, 15) is 9.59 Å². The van der Waals surface area contributed by atoms with Crippen LogP contribution in [0.5, 0.6) is 5.75 Å². The van der Waals surface area contributed by atoms with Crippen molar-refractivity contribution in [3.8, 4) is 5.75 Å². The van der Waals surface area contributed by atoms with Crippen molar-refractivity contribution in [1.29, 1.82) is 0 Å². The molecule has 1 aliphatic rings. The summed E-state index contributed by atoms with van der Waals surface area (Å²) < 4.78 is 5.26. The van der Waals surface area contributed by atoms with Crippen LogP contribution in [0.2, 0.25) is 0 Å². The van der Waals surface area contributed by atoms with E-state index in [1.165, 1.54) is 0 Å². The normalized spacial score (nSPS) is 16.7. The minimum Gasteiger partial charge on any atom is -0.497 e. The second-order valence-corrected chi connectivity index (χ2v) is 7.50. The van der Waals surface area contributed by atoms with E-state index in [1.807, 2.05) is 54.6 Å². The summed E-state index contributed by atoms with van der Waals surface area (Å²) in [6, 6.07) is 17.1. The molecule has 1 saturated heterocycles. The zero-order valence-electron chi connectivity index (χ0n) is 17.0. The molecule has 0 N–H and O–H groups in total. The number of carbonyl (C=O) groups excluding carboxylic acids is 2. The van der Waals surface area contributed by atoms with E-state index < -0.39 is 0 Å². The van der Waals surface area contributed by atoms with Gasteiger partial charge in [-0.15, -0.1) is 0 Å². The first-order valence-electron chi connectivity index (χ1n) is 10.1. The van der Waals surface area contributed by atoms with Gasteiger partial charge in [0.25, 0.3) is 0 Å². The second-order valence-electron chi connectivity index (χ2n) is 7.50. The van der Waals surface area contributed by atoms with Crippen LogP contribution in [0, 0.1) is 5.92 Å². The Morgan fingerprint density at radius 1 is 1.10 bits per heavy atom. The van der Waals surface area contributed by atoms with Gasteiger partial charge in [-0.25, -0.2) is 0 Å². The van der Waals surface area contributed by atoms with Gasteiger partial charge in [0.1, 0.15) is 5.75 Å². The van der Waals surface area contributed by atoms with Crippen LogP contribution in [0.25, 0.3) is 16.8 Å². The van der Waals surface area contributed by atoms with Crippen molar-refractivity contribution in [2.75, 3.05) is 20.2 Å². The molecule has 1 aliphatic heterocycles. The van der Waals surface area contributed by atoms with Crippen LogP contribution in [-0.4, -0.2) is 41.8 Å². The molecule has 1 atom stereocenters. The second kappa shape index (κ2) is 8.91. The first kappa shape index (κ1) is 19.8. The van der Waals surface area contributed by atoms with Gasteiger partial charge in [-0.1, -0.05) is 24.3 Å². The number of hydrogen-bond donors (Lipinski definition) is 0. The molecular weight excluding hydrogens is 376 g/mol. The highest BCUT2D eigenvalue weighted by Gasteiger charge is 2.28. The van der Waals surface area contributed by atoms with Crippen molar-refractivity contribution < 1.29 is 14.3 Å². The zero-order valence-corrected chi connectivity index (χ0v) is 17.0. The van der Waals surface area contributed by atoms with Crippen molar-refractivity contribution in [1.82, 2.24) is 9.88 Å². The van der Waals surface area contributed by atoms with Gasteiger partial charge in [0.2, 0.25) is 5.91 Å². The van der Waals surface area contributed by atoms with E-state index in [2.05, 4.69) is 4.98 Å². The van der Waals surface area contributed by atoms with Crippen LogP contribution in [0.1, 0.15) is 28.9 Å². The molecule has 1 unspecified atom stereocenters. The highest BCUT2D eigenvalue weighted by Crippen LogP contribution is 2.26. The molecule has 2 heterocycles. The molecule has 1 aromatic heterocycles. The van der Waals surface area contributed by atoms with Crippen LogP contribution >= 0.6 is 0 Å². The van der Waals surface area contributed by atoms with Crippen LogP contribution < -0.4 is 4.74 Å². The Hall–Kier alpha value is -3.47. The minimum atomic E-state index is -0.179. The highest BCUT2D eigenvalue weighted by molar-refractivity contribution is 6.02. The molecule has 30 heavy (non-hydrogen) atoms. The summed E-state index contributed by atoms with van der Waals surface area (Å²) in [5.41, 5.74) is 1.43. The van der Waals surface area contributed by atoms with Crippen molar-refractivity contribution in [3.63, 3.8) is 0 Å². The Bertz CT molecular complexity index is 1090. The maximum Gasteiger partial charge on any atom is 0.246 e. The fourth-order valence-corrected chi connectivity index (χ4v) is 3.87.